The summed E-state index contributed by atoms with van der Waals surface area (Å²) in [5.74, 6) is -0.160. The number of carbonyl (C=O) groups excluding carboxylic acids is 1. The van der Waals surface area contributed by atoms with Crippen LogP contribution >= 0.6 is 0 Å². The van der Waals surface area contributed by atoms with E-state index in [4.69, 9.17) is 9.47 Å². The Kier molecular flexibility index (Phi) is 5.63. The predicted molar refractivity (Wildman–Crippen MR) is 100 cm³/mol. The Balaban J connectivity index is 1.85. The van der Waals surface area contributed by atoms with Crippen molar-refractivity contribution in [1.29, 1.82) is 0 Å². The molecule has 0 unspecified atom stereocenters. The standard InChI is InChI=1S/C22H30O3/c1-16(23)24-20-15-14-19(17-10-6-4-7-11-17)21(20)22(2,3)25-18-12-8-5-9-13-18/h4,6-7,10-11,14,18,20-21H,5,8-9,12-13,15H2,1-3H3/t20-,21-/m0/s1. The van der Waals surface area contributed by atoms with Crippen molar-refractivity contribution < 1.29 is 14.3 Å². The minimum absolute atomic E-state index is 0.0562. The molecule has 2 aliphatic carbocycles. The number of rotatable bonds is 5. The van der Waals surface area contributed by atoms with Crippen LogP contribution in [0.1, 0.15) is 64.9 Å². The highest BCUT2D eigenvalue weighted by Crippen LogP contribution is 2.45. The summed E-state index contributed by atoms with van der Waals surface area (Å²) in [7, 11) is 0. The molecule has 3 heteroatoms. The van der Waals surface area contributed by atoms with E-state index >= 15 is 0 Å². The molecule has 0 aromatic heterocycles. The molecule has 0 bridgehead atoms. The van der Waals surface area contributed by atoms with E-state index in [9.17, 15) is 4.79 Å². The summed E-state index contributed by atoms with van der Waals surface area (Å²) in [6.45, 7) is 5.81. The summed E-state index contributed by atoms with van der Waals surface area (Å²) < 4.78 is 12.3. The van der Waals surface area contributed by atoms with Crippen molar-refractivity contribution in [2.45, 2.75) is 77.1 Å². The second kappa shape index (κ2) is 7.74. The van der Waals surface area contributed by atoms with Gasteiger partial charge in [-0.25, -0.2) is 0 Å². The van der Waals surface area contributed by atoms with Gasteiger partial charge in [0.1, 0.15) is 6.10 Å². The van der Waals surface area contributed by atoms with Crippen LogP contribution in [-0.4, -0.2) is 23.8 Å². The van der Waals surface area contributed by atoms with Crippen molar-refractivity contribution in [3.05, 3.63) is 42.0 Å². The SMILES string of the molecule is CC(=O)O[C@H]1CC=C(c2ccccc2)[C@@H]1C(C)(C)OC1CCCCC1. The number of benzene rings is 1. The lowest BCUT2D eigenvalue weighted by atomic mass is 9.80. The van der Waals surface area contributed by atoms with Gasteiger partial charge in [-0.1, -0.05) is 55.7 Å². The molecular formula is C22H30O3. The third-order valence-electron chi connectivity index (χ3n) is 5.47. The predicted octanol–water partition coefficient (Wildman–Crippen LogP) is 5.15. The quantitative estimate of drug-likeness (QED) is 0.694. The second-order valence-corrected chi connectivity index (χ2v) is 7.87. The van der Waals surface area contributed by atoms with Crippen LogP contribution in [0.4, 0.5) is 0 Å². The highest BCUT2D eigenvalue weighted by molar-refractivity contribution is 5.72. The van der Waals surface area contributed by atoms with Crippen LogP contribution in [0.5, 0.6) is 0 Å². The summed E-state index contributed by atoms with van der Waals surface area (Å²) in [4.78, 5) is 11.6. The maximum absolute atomic E-state index is 11.6. The molecule has 1 aromatic rings. The van der Waals surface area contributed by atoms with Crippen LogP contribution in [0, 0.1) is 5.92 Å². The Morgan fingerprint density at radius 1 is 1.08 bits per heavy atom. The van der Waals surface area contributed by atoms with Gasteiger partial charge in [-0.05, 0) is 37.8 Å². The first kappa shape index (κ1) is 18.2. The molecule has 136 valence electrons. The number of hydrogen-bond acceptors (Lipinski definition) is 3. The lowest BCUT2D eigenvalue weighted by Gasteiger charge is -2.40. The zero-order valence-electron chi connectivity index (χ0n) is 15.7. The van der Waals surface area contributed by atoms with E-state index in [1.165, 1.54) is 37.3 Å². The molecule has 1 aromatic carbocycles. The molecule has 1 fully saturated rings. The van der Waals surface area contributed by atoms with Gasteiger partial charge in [0.25, 0.3) is 0 Å². The van der Waals surface area contributed by atoms with E-state index in [2.05, 4.69) is 44.2 Å². The van der Waals surface area contributed by atoms with Gasteiger partial charge in [0.2, 0.25) is 0 Å². The summed E-state index contributed by atoms with van der Waals surface area (Å²) in [6.07, 6.45) is 9.24. The molecule has 0 saturated heterocycles. The van der Waals surface area contributed by atoms with Gasteiger partial charge in [-0.15, -0.1) is 0 Å². The fourth-order valence-corrected chi connectivity index (χ4v) is 4.47. The molecule has 0 spiro atoms. The molecule has 2 aliphatic rings. The molecule has 0 amide bonds. The molecule has 3 nitrogen and oxygen atoms in total. The lowest BCUT2D eigenvalue weighted by Crippen LogP contribution is -2.44. The average Bonchev–Trinajstić information content (AvgIpc) is 3.00. The van der Waals surface area contributed by atoms with Crippen LogP contribution in [-0.2, 0) is 14.3 Å². The molecule has 0 N–H and O–H groups in total. The van der Waals surface area contributed by atoms with Crippen LogP contribution < -0.4 is 0 Å². The Bertz CT molecular complexity index is 611. The number of ether oxygens (including phenoxy) is 2. The molecule has 0 heterocycles. The number of carbonyl (C=O) groups is 1. The zero-order chi connectivity index (χ0) is 17.9. The van der Waals surface area contributed by atoms with Gasteiger partial charge in [0, 0.05) is 13.3 Å². The minimum atomic E-state index is -0.375. The van der Waals surface area contributed by atoms with Gasteiger partial charge in [-0.3, -0.25) is 4.79 Å². The number of esters is 1. The van der Waals surface area contributed by atoms with Crippen molar-refractivity contribution in [3.8, 4) is 0 Å². The Morgan fingerprint density at radius 3 is 2.40 bits per heavy atom. The fourth-order valence-electron chi connectivity index (χ4n) is 4.47. The maximum atomic E-state index is 11.6. The summed E-state index contributed by atoms with van der Waals surface area (Å²) in [5, 5.41) is 0. The molecule has 25 heavy (non-hydrogen) atoms. The topological polar surface area (TPSA) is 35.5 Å². The Hall–Kier alpha value is -1.61. The average molecular weight is 342 g/mol. The van der Waals surface area contributed by atoms with Gasteiger partial charge < -0.3 is 9.47 Å². The van der Waals surface area contributed by atoms with E-state index in [-0.39, 0.29) is 23.6 Å². The van der Waals surface area contributed by atoms with Crippen molar-refractivity contribution >= 4 is 11.5 Å². The second-order valence-electron chi connectivity index (χ2n) is 7.87. The summed E-state index contributed by atoms with van der Waals surface area (Å²) in [6, 6.07) is 10.4. The Labute approximate surface area is 151 Å². The molecule has 3 rings (SSSR count). The van der Waals surface area contributed by atoms with Gasteiger partial charge in [-0.2, -0.15) is 0 Å². The third kappa shape index (κ3) is 4.33. The van der Waals surface area contributed by atoms with E-state index in [0.717, 1.165) is 19.3 Å². The minimum Gasteiger partial charge on any atom is -0.461 e. The highest BCUT2D eigenvalue weighted by Gasteiger charge is 2.45. The molecule has 1 saturated carbocycles. The van der Waals surface area contributed by atoms with Gasteiger partial charge in [0.15, 0.2) is 0 Å². The van der Waals surface area contributed by atoms with Crippen molar-refractivity contribution in [2.24, 2.45) is 5.92 Å². The first-order valence-electron chi connectivity index (χ1n) is 9.58. The van der Waals surface area contributed by atoms with Crippen molar-refractivity contribution in [2.75, 3.05) is 0 Å². The highest BCUT2D eigenvalue weighted by atomic mass is 16.5. The first-order chi connectivity index (χ1) is 12.0. The maximum Gasteiger partial charge on any atom is 0.302 e. The van der Waals surface area contributed by atoms with Crippen LogP contribution in [0.15, 0.2) is 36.4 Å². The van der Waals surface area contributed by atoms with E-state index in [1.54, 1.807) is 0 Å². The smallest absolute Gasteiger partial charge is 0.302 e. The number of hydrogen-bond donors (Lipinski definition) is 0. The summed E-state index contributed by atoms with van der Waals surface area (Å²) in [5.41, 5.74) is 2.07. The van der Waals surface area contributed by atoms with Gasteiger partial charge in [0.05, 0.1) is 17.6 Å². The van der Waals surface area contributed by atoms with Crippen molar-refractivity contribution in [3.63, 3.8) is 0 Å². The molecule has 2 atom stereocenters. The lowest BCUT2D eigenvalue weighted by molar-refractivity contribution is -0.158. The zero-order valence-corrected chi connectivity index (χ0v) is 15.7. The Morgan fingerprint density at radius 2 is 1.76 bits per heavy atom. The van der Waals surface area contributed by atoms with Crippen molar-refractivity contribution in [1.82, 2.24) is 0 Å². The summed E-state index contributed by atoms with van der Waals surface area (Å²) >= 11 is 0. The van der Waals surface area contributed by atoms with Crippen LogP contribution in [0.25, 0.3) is 5.57 Å². The van der Waals surface area contributed by atoms with Gasteiger partial charge >= 0.3 is 5.97 Å². The monoisotopic (exact) mass is 342 g/mol. The largest absolute Gasteiger partial charge is 0.461 e. The van der Waals surface area contributed by atoms with E-state index < -0.39 is 0 Å². The van der Waals surface area contributed by atoms with Crippen LogP contribution in [0.3, 0.4) is 0 Å². The third-order valence-corrected chi connectivity index (χ3v) is 5.47. The van der Waals surface area contributed by atoms with E-state index in [0.29, 0.717) is 6.10 Å². The van der Waals surface area contributed by atoms with E-state index in [1.807, 2.05) is 6.07 Å². The molecule has 0 radical (unpaired) electrons. The first-order valence-corrected chi connectivity index (χ1v) is 9.58. The molecular weight excluding hydrogens is 312 g/mol. The normalized spacial score (nSPS) is 24.8. The molecule has 0 aliphatic heterocycles. The fraction of sp³-hybridized carbons (Fsp3) is 0.591. The van der Waals surface area contributed by atoms with Crippen LogP contribution in [0.2, 0.25) is 0 Å².